The summed E-state index contributed by atoms with van der Waals surface area (Å²) >= 11 is 2.24. The van der Waals surface area contributed by atoms with E-state index in [9.17, 15) is 19.8 Å². The molecule has 6 nitrogen and oxygen atoms in total. The number of likely N-dealkylation sites (N-methyl/N-ethyl adjacent to an activating group) is 1. The fraction of sp³-hybridized carbons (Fsp3) is 0.524. The Morgan fingerprint density at radius 2 is 1.96 bits per heavy atom. The number of phenols is 1. The number of piperidine rings is 1. The molecule has 148 valence electrons. The van der Waals surface area contributed by atoms with Crippen LogP contribution in [0.2, 0.25) is 0 Å². The number of likely N-dealkylation sites (tertiary alicyclic amines) is 1. The van der Waals surface area contributed by atoms with Crippen LogP contribution in [0, 0.1) is 9.49 Å². The van der Waals surface area contributed by atoms with Crippen LogP contribution in [0.5, 0.6) is 11.5 Å². The smallest absolute Gasteiger partial charge is 0.165 e. The molecule has 1 aromatic carbocycles. The summed E-state index contributed by atoms with van der Waals surface area (Å²) in [5.41, 5.74) is 2.11. The summed E-state index contributed by atoms with van der Waals surface area (Å²) in [6, 6.07) is 1.74. The van der Waals surface area contributed by atoms with E-state index in [1.165, 1.54) is 13.8 Å². The molecule has 1 saturated heterocycles. The molecule has 4 aliphatic rings. The number of ketones is 2. The molecule has 0 unspecified atom stereocenters. The monoisotopic (exact) mass is 495 g/mol. The molecule has 2 N–H and O–H groups in total. The largest absolute Gasteiger partial charge is 0.504 e. The van der Waals surface area contributed by atoms with Crippen LogP contribution in [0.3, 0.4) is 0 Å². The lowest BCUT2D eigenvalue weighted by atomic mass is 9.49. The average molecular weight is 495 g/mol. The minimum Gasteiger partial charge on any atom is -0.504 e. The Labute approximate surface area is 176 Å². The molecule has 28 heavy (non-hydrogen) atoms. The Morgan fingerprint density at radius 1 is 1.29 bits per heavy atom. The zero-order chi connectivity index (χ0) is 20.1. The van der Waals surface area contributed by atoms with Gasteiger partial charge in [0.2, 0.25) is 0 Å². The number of aliphatic hydroxyl groups excluding tert-OH is 1. The number of aliphatic hydroxyl groups is 1. The topological polar surface area (TPSA) is 87.1 Å². The Morgan fingerprint density at radius 3 is 2.61 bits per heavy atom. The predicted octanol–water partition coefficient (Wildman–Crippen LogP) is 1.72. The number of halogens is 1. The van der Waals surface area contributed by atoms with Gasteiger partial charge in [-0.05, 0) is 74.5 Å². The average Bonchev–Trinajstić information content (AvgIpc) is 2.96. The van der Waals surface area contributed by atoms with Gasteiger partial charge in [0.25, 0.3) is 0 Å². The number of hydrogen-bond acceptors (Lipinski definition) is 6. The van der Waals surface area contributed by atoms with E-state index < -0.39 is 17.6 Å². The lowest BCUT2D eigenvalue weighted by Gasteiger charge is -2.58. The first-order chi connectivity index (χ1) is 13.2. The van der Waals surface area contributed by atoms with E-state index in [2.05, 4.69) is 34.5 Å². The number of carbonyl (C=O) groups is 2. The Bertz CT molecular complexity index is 985. The van der Waals surface area contributed by atoms with Crippen molar-refractivity contribution in [3.8, 4) is 11.5 Å². The van der Waals surface area contributed by atoms with Crippen molar-refractivity contribution in [2.45, 2.75) is 50.4 Å². The second kappa shape index (κ2) is 5.79. The molecule has 2 heterocycles. The Kier molecular flexibility index (Phi) is 3.84. The van der Waals surface area contributed by atoms with E-state index in [4.69, 9.17) is 4.74 Å². The Balaban J connectivity index is 1.90. The van der Waals surface area contributed by atoms with Crippen molar-refractivity contribution in [2.24, 2.45) is 5.92 Å². The van der Waals surface area contributed by atoms with Crippen molar-refractivity contribution in [1.29, 1.82) is 0 Å². The van der Waals surface area contributed by atoms with Crippen LogP contribution in [-0.2, 0) is 21.4 Å². The maximum Gasteiger partial charge on any atom is 0.165 e. The highest BCUT2D eigenvalue weighted by Crippen LogP contribution is 2.65. The standard InChI is InChI=1S/C21H22INO5/c1-8(24)14-15(9(2)25)18(27)20-21-4-5-23(3)12(17(14)21)6-10-11(22)7-13(26)19(28-20)16(10)21/h7,12,17-18,20,26-27H,4-6H2,1-3H3/t12-,17-,18+,20+,21-/m1/s1. The maximum absolute atomic E-state index is 12.8. The third-order valence-electron chi connectivity index (χ3n) is 7.27. The molecule has 2 bridgehead atoms. The zero-order valence-electron chi connectivity index (χ0n) is 16.0. The molecule has 7 heteroatoms. The summed E-state index contributed by atoms with van der Waals surface area (Å²) < 4.78 is 7.17. The van der Waals surface area contributed by atoms with Gasteiger partial charge in [0.15, 0.2) is 23.1 Å². The first kappa shape index (κ1) is 18.6. The number of nitrogens with zero attached hydrogens (tertiary/aromatic N) is 1. The van der Waals surface area contributed by atoms with Gasteiger partial charge in [-0.3, -0.25) is 9.59 Å². The van der Waals surface area contributed by atoms with Gasteiger partial charge < -0.3 is 19.8 Å². The van der Waals surface area contributed by atoms with Crippen molar-refractivity contribution in [3.05, 3.63) is 31.9 Å². The van der Waals surface area contributed by atoms with Crippen LogP contribution in [0.15, 0.2) is 17.2 Å². The fourth-order valence-electron chi connectivity index (χ4n) is 6.29. The van der Waals surface area contributed by atoms with Gasteiger partial charge in [-0.2, -0.15) is 0 Å². The number of aromatic hydroxyl groups is 1. The molecule has 5 rings (SSSR count). The van der Waals surface area contributed by atoms with Crippen molar-refractivity contribution < 1.29 is 24.5 Å². The number of phenolic OH excluding ortho intramolecular Hbond substituents is 1. The molecule has 0 aromatic heterocycles. The lowest BCUT2D eigenvalue weighted by Crippen LogP contribution is -2.67. The van der Waals surface area contributed by atoms with Gasteiger partial charge in [0.1, 0.15) is 12.2 Å². The SMILES string of the molecule is CC(=O)C1=C(C(C)=O)[C@H]2[C@H]3Cc4c(I)cc(O)c5c4[C@@]2(CCN3C)[C@@H](O5)[C@H]1O. The minimum atomic E-state index is -1.19. The van der Waals surface area contributed by atoms with Gasteiger partial charge in [-0.1, -0.05) is 0 Å². The third-order valence-corrected chi connectivity index (χ3v) is 8.23. The number of carbonyl (C=O) groups excluding carboxylic acids is 2. The van der Waals surface area contributed by atoms with Crippen LogP contribution >= 0.6 is 22.6 Å². The van der Waals surface area contributed by atoms with Crippen molar-refractivity contribution in [1.82, 2.24) is 4.90 Å². The molecule has 0 radical (unpaired) electrons. The molecule has 1 spiro atoms. The molecular formula is C21H22INO5. The summed E-state index contributed by atoms with van der Waals surface area (Å²) in [5, 5.41) is 21.8. The van der Waals surface area contributed by atoms with Gasteiger partial charge in [0, 0.05) is 37.7 Å². The van der Waals surface area contributed by atoms with Crippen molar-refractivity contribution in [3.63, 3.8) is 0 Å². The molecule has 1 fully saturated rings. The molecule has 2 aliphatic heterocycles. The van der Waals surface area contributed by atoms with Gasteiger partial charge in [-0.25, -0.2) is 0 Å². The molecule has 0 saturated carbocycles. The van der Waals surface area contributed by atoms with Crippen LogP contribution < -0.4 is 4.74 Å². The van der Waals surface area contributed by atoms with E-state index in [0.717, 1.165) is 27.7 Å². The number of rotatable bonds is 2. The highest BCUT2D eigenvalue weighted by Gasteiger charge is 2.68. The first-order valence-electron chi connectivity index (χ1n) is 9.55. The van der Waals surface area contributed by atoms with Crippen molar-refractivity contribution >= 4 is 34.2 Å². The van der Waals surface area contributed by atoms with Crippen molar-refractivity contribution in [2.75, 3.05) is 13.6 Å². The van der Waals surface area contributed by atoms with E-state index in [1.54, 1.807) is 6.07 Å². The summed E-state index contributed by atoms with van der Waals surface area (Å²) in [5.74, 6) is -0.219. The van der Waals surface area contributed by atoms with Crippen LogP contribution in [0.25, 0.3) is 0 Å². The van der Waals surface area contributed by atoms with Gasteiger partial charge >= 0.3 is 0 Å². The van der Waals surface area contributed by atoms with Gasteiger partial charge in [-0.15, -0.1) is 0 Å². The number of hydrogen-bond donors (Lipinski definition) is 2. The Hall–Kier alpha value is -1.45. The van der Waals surface area contributed by atoms with E-state index in [1.807, 2.05) is 0 Å². The molecule has 2 aliphatic carbocycles. The number of benzene rings is 1. The highest BCUT2D eigenvalue weighted by molar-refractivity contribution is 14.1. The predicted molar refractivity (Wildman–Crippen MR) is 110 cm³/mol. The first-order valence-corrected chi connectivity index (χ1v) is 10.6. The van der Waals surface area contributed by atoms with Gasteiger partial charge in [0.05, 0.1) is 0 Å². The molecular weight excluding hydrogens is 473 g/mol. The number of Topliss-reactive ketones (excluding diaryl/α,β-unsaturated/α-hetero) is 2. The van der Waals surface area contributed by atoms with Crippen LogP contribution in [0.4, 0.5) is 0 Å². The third kappa shape index (κ3) is 2.00. The van der Waals surface area contributed by atoms with Crippen LogP contribution in [0.1, 0.15) is 31.4 Å². The summed E-state index contributed by atoms with van der Waals surface area (Å²) in [6.07, 6.45) is -0.438. The second-order valence-corrected chi connectivity index (χ2v) is 9.67. The maximum atomic E-state index is 12.8. The number of ether oxygens (including phenoxy) is 1. The van der Waals surface area contributed by atoms with E-state index in [0.29, 0.717) is 17.7 Å². The molecule has 5 atom stereocenters. The summed E-state index contributed by atoms with van der Waals surface area (Å²) in [6.45, 7) is 3.69. The quantitative estimate of drug-likeness (QED) is 0.608. The normalized spacial score (nSPS) is 35.5. The van der Waals surface area contributed by atoms with E-state index in [-0.39, 0.29) is 34.8 Å². The highest BCUT2D eigenvalue weighted by atomic mass is 127. The van der Waals surface area contributed by atoms with E-state index >= 15 is 0 Å². The molecule has 0 amide bonds. The summed E-state index contributed by atoms with van der Waals surface area (Å²) in [4.78, 5) is 27.5. The minimum absolute atomic E-state index is 0.0390. The summed E-state index contributed by atoms with van der Waals surface area (Å²) in [7, 11) is 2.05. The zero-order valence-corrected chi connectivity index (χ0v) is 18.1. The van der Waals surface area contributed by atoms with Crippen LogP contribution in [-0.4, -0.2) is 58.5 Å². The fourth-order valence-corrected chi connectivity index (χ4v) is 7.07. The lowest BCUT2D eigenvalue weighted by molar-refractivity contribution is -0.122. The molecule has 1 aromatic rings. The second-order valence-electron chi connectivity index (χ2n) is 8.50.